The summed E-state index contributed by atoms with van der Waals surface area (Å²) in [4.78, 5) is 10.1. The standard InChI is InChI=1S/C12H15FN2O3/c13-9-2-5-11(15(16)17)12(8-9)18-7-1-6-14-10-3-4-10/h2,5,8,10,14H,1,3-4,6-7H2. The minimum atomic E-state index is -0.572. The Bertz CT molecular complexity index is 435. The number of nitro groups is 1. The minimum absolute atomic E-state index is 0.00794. The second-order valence-electron chi connectivity index (χ2n) is 4.30. The number of rotatable bonds is 7. The van der Waals surface area contributed by atoms with E-state index in [4.69, 9.17) is 4.74 Å². The summed E-state index contributed by atoms with van der Waals surface area (Å²) in [6.45, 7) is 1.15. The van der Waals surface area contributed by atoms with Crippen LogP contribution in [0.4, 0.5) is 10.1 Å². The van der Waals surface area contributed by atoms with Crippen molar-refractivity contribution in [1.29, 1.82) is 0 Å². The van der Waals surface area contributed by atoms with E-state index in [0.29, 0.717) is 12.6 Å². The normalized spacial score (nSPS) is 14.5. The van der Waals surface area contributed by atoms with Gasteiger partial charge in [-0.05, 0) is 31.9 Å². The average Bonchev–Trinajstić information content (AvgIpc) is 3.12. The molecular weight excluding hydrogens is 239 g/mol. The Hall–Kier alpha value is -1.69. The number of hydrogen-bond acceptors (Lipinski definition) is 4. The lowest BCUT2D eigenvalue weighted by molar-refractivity contribution is -0.385. The molecule has 0 heterocycles. The van der Waals surface area contributed by atoms with Gasteiger partial charge in [-0.2, -0.15) is 0 Å². The van der Waals surface area contributed by atoms with Crippen LogP contribution in [0.5, 0.6) is 5.75 Å². The van der Waals surface area contributed by atoms with Crippen LogP contribution in [-0.2, 0) is 0 Å². The predicted molar refractivity (Wildman–Crippen MR) is 64.2 cm³/mol. The van der Waals surface area contributed by atoms with Crippen LogP contribution in [0.3, 0.4) is 0 Å². The Morgan fingerprint density at radius 1 is 1.50 bits per heavy atom. The predicted octanol–water partition coefficient (Wildman–Crippen LogP) is 2.25. The second-order valence-corrected chi connectivity index (χ2v) is 4.30. The van der Waals surface area contributed by atoms with Crippen molar-refractivity contribution in [1.82, 2.24) is 5.32 Å². The lowest BCUT2D eigenvalue weighted by atomic mass is 10.3. The number of nitro benzene ring substituents is 1. The van der Waals surface area contributed by atoms with E-state index >= 15 is 0 Å². The van der Waals surface area contributed by atoms with Crippen molar-refractivity contribution in [3.8, 4) is 5.75 Å². The molecular formula is C12H15FN2O3. The largest absolute Gasteiger partial charge is 0.487 e. The van der Waals surface area contributed by atoms with Crippen molar-refractivity contribution in [3.63, 3.8) is 0 Å². The number of nitrogens with zero attached hydrogens (tertiary/aromatic N) is 1. The molecule has 6 heteroatoms. The summed E-state index contributed by atoms with van der Waals surface area (Å²) in [6.07, 6.45) is 3.18. The van der Waals surface area contributed by atoms with Crippen molar-refractivity contribution in [2.45, 2.75) is 25.3 Å². The summed E-state index contributed by atoms with van der Waals surface area (Å²) in [5, 5.41) is 14.0. The molecule has 0 unspecified atom stereocenters. The van der Waals surface area contributed by atoms with E-state index in [1.807, 2.05) is 0 Å². The third-order valence-electron chi connectivity index (χ3n) is 2.71. The second kappa shape index (κ2) is 5.77. The maximum absolute atomic E-state index is 13.0. The number of hydrogen-bond donors (Lipinski definition) is 1. The van der Waals surface area contributed by atoms with E-state index in [1.54, 1.807) is 0 Å². The monoisotopic (exact) mass is 254 g/mol. The maximum Gasteiger partial charge on any atom is 0.311 e. The van der Waals surface area contributed by atoms with Gasteiger partial charge >= 0.3 is 5.69 Å². The molecule has 0 spiro atoms. The summed E-state index contributed by atoms with van der Waals surface area (Å²) < 4.78 is 18.2. The van der Waals surface area contributed by atoms with Gasteiger partial charge in [-0.25, -0.2) is 4.39 Å². The number of benzene rings is 1. The molecule has 1 aromatic rings. The summed E-state index contributed by atoms with van der Waals surface area (Å²) in [6, 6.07) is 3.85. The van der Waals surface area contributed by atoms with Crippen LogP contribution in [0, 0.1) is 15.9 Å². The smallest absolute Gasteiger partial charge is 0.311 e. The molecule has 0 bridgehead atoms. The Kier molecular flexibility index (Phi) is 4.09. The van der Waals surface area contributed by atoms with Crippen molar-refractivity contribution >= 4 is 5.69 Å². The first-order chi connectivity index (χ1) is 8.66. The molecule has 5 nitrogen and oxygen atoms in total. The lowest BCUT2D eigenvalue weighted by Crippen LogP contribution is -2.19. The van der Waals surface area contributed by atoms with Crippen molar-refractivity contribution in [2.75, 3.05) is 13.2 Å². The minimum Gasteiger partial charge on any atom is -0.487 e. The van der Waals surface area contributed by atoms with E-state index in [9.17, 15) is 14.5 Å². The first-order valence-electron chi connectivity index (χ1n) is 5.97. The van der Waals surface area contributed by atoms with Crippen molar-refractivity contribution in [2.24, 2.45) is 0 Å². The van der Waals surface area contributed by atoms with Gasteiger partial charge in [0, 0.05) is 18.2 Å². The van der Waals surface area contributed by atoms with E-state index in [0.717, 1.165) is 31.2 Å². The molecule has 1 saturated carbocycles. The molecule has 1 fully saturated rings. The quantitative estimate of drug-likeness (QED) is 0.460. The zero-order valence-corrected chi connectivity index (χ0v) is 9.89. The van der Waals surface area contributed by atoms with Crippen LogP contribution in [0.15, 0.2) is 18.2 Å². The van der Waals surface area contributed by atoms with Crippen LogP contribution < -0.4 is 10.1 Å². The van der Waals surface area contributed by atoms with Crippen LogP contribution in [0.1, 0.15) is 19.3 Å². The molecule has 18 heavy (non-hydrogen) atoms. The van der Waals surface area contributed by atoms with Crippen molar-refractivity contribution in [3.05, 3.63) is 34.1 Å². The van der Waals surface area contributed by atoms with Gasteiger partial charge in [0.15, 0.2) is 5.75 Å². The Balaban J connectivity index is 1.82. The van der Waals surface area contributed by atoms with Crippen LogP contribution in [0.25, 0.3) is 0 Å². The summed E-state index contributed by atoms with van der Waals surface area (Å²) >= 11 is 0. The molecule has 0 amide bonds. The molecule has 1 aliphatic rings. The fourth-order valence-electron chi connectivity index (χ4n) is 1.60. The molecule has 1 N–H and O–H groups in total. The van der Waals surface area contributed by atoms with Gasteiger partial charge < -0.3 is 10.1 Å². The fraction of sp³-hybridized carbons (Fsp3) is 0.500. The molecule has 0 aliphatic heterocycles. The van der Waals surface area contributed by atoms with E-state index < -0.39 is 10.7 Å². The van der Waals surface area contributed by atoms with Crippen LogP contribution in [-0.4, -0.2) is 24.1 Å². The zero-order valence-electron chi connectivity index (χ0n) is 9.89. The van der Waals surface area contributed by atoms with Gasteiger partial charge in [-0.3, -0.25) is 10.1 Å². The van der Waals surface area contributed by atoms with Crippen molar-refractivity contribution < 1.29 is 14.1 Å². The maximum atomic E-state index is 13.0. The van der Waals surface area contributed by atoms with E-state index in [2.05, 4.69) is 5.32 Å². The molecule has 1 aliphatic carbocycles. The Morgan fingerprint density at radius 3 is 2.94 bits per heavy atom. The van der Waals surface area contributed by atoms with E-state index in [1.165, 1.54) is 12.8 Å². The first-order valence-corrected chi connectivity index (χ1v) is 5.97. The van der Waals surface area contributed by atoms with Gasteiger partial charge in [-0.15, -0.1) is 0 Å². The SMILES string of the molecule is O=[N+]([O-])c1ccc(F)cc1OCCCNC1CC1. The summed E-state index contributed by atoms with van der Waals surface area (Å²) in [7, 11) is 0. The topological polar surface area (TPSA) is 64.4 Å². The fourth-order valence-corrected chi connectivity index (χ4v) is 1.60. The summed E-state index contributed by atoms with van der Waals surface area (Å²) in [5.74, 6) is -0.543. The molecule has 2 rings (SSSR count). The lowest BCUT2D eigenvalue weighted by Gasteiger charge is -2.07. The van der Waals surface area contributed by atoms with E-state index in [-0.39, 0.29) is 11.4 Å². The molecule has 0 atom stereocenters. The van der Waals surface area contributed by atoms with Crippen LogP contribution >= 0.6 is 0 Å². The third-order valence-corrected chi connectivity index (χ3v) is 2.71. The van der Waals surface area contributed by atoms with Crippen LogP contribution in [0.2, 0.25) is 0 Å². The third kappa shape index (κ3) is 3.66. The Morgan fingerprint density at radius 2 is 2.28 bits per heavy atom. The molecule has 0 saturated heterocycles. The molecule has 1 aromatic carbocycles. The molecule has 98 valence electrons. The van der Waals surface area contributed by atoms with Gasteiger partial charge in [0.05, 0.1) is 11.5 Å². The first kappa shape index (κ1) is 12.8. The summed E-state index contributed by atoms with van der Waals surface area (Å²) in [5.41, 5.74) is -0.202. The van der Waals surface area contributed by atoms with Gasteiger partial charge in [0.25, 0.3) is 0 Å². The highest BCUT2D eigenvalue weighted by Gasteiger charge is 2.19. The number of halogens is 1. The highest BCUT2D eigenvalue weighted by molar-refractivity contribution is 5.46. The van der Waals surface area contributed by atoms with Gasteiger partial charge in [0.1, 0.15) is 5.82 Å². The van der Waals surface area contributed by atoms with Gasteiger partial charge in [0.2, 0.25) is 0 Å². The molecule has 0 radical (unpaired) electrons. The zero-order chi connectivity index (χ0) is 13.0. The number of nitrogens with one attached hydrogen (secondary N) is 1. The molecule has 0 aromatic heterocycles. The van der Waals surface area contributed by atoms with Gasteiger partial charge in [-0.1, -0.05) is 0 Å². The Labute approximate surface area is 104 Å². The average molecular weight is 254 g/mol. The highest BCUT2D eigenvalue weighted by atomic mass is 19.1. The number of ether oxygens (including phenoxy) is 1. The highest BCUT2D eigenvalue weighted by Crippen LogP contribution is 2.27.